The molecule has 0 saturated carbocycles. The summed E-state index contributed by atoms with van der Waals surface area (Å²) >= 11 is 11.7. The molecule has 0 atom stereocenters. The summed E-state index contributed by atoms with van der Waals surface area (Å²) in [5.74, 6) is 0.377. The molecule has 0 saturated heterocycles. The minimum Gasteiger partial charge on any atom is -0.330 e. The Bertz CT molecular complexity index is 544. The monoisotopic (exact) mass is 286 g/mol. The average Bonchev–Trinajstić information content (AvgIpc) is 2.84. The van der Waals surface area contributed by atoms with Crippen LogP contribution in [0.1, 0.15) is 5.82 Å². The summed E-state index contributed by atoms with van der Waals surface area (Å²) < 4.78 is 0. The first kappa shape index (κ1) is 12.6. The molecule has 2 amide bonds. The van der Waals surface area contributed by atoms with Crippen LogP contribution in [0.15, 0.2) is 18.2 Å². The van der Waals surface area contributed by atoms with Crippen LogP contribution < -0.4 is 10.6 Å². The predicted molar refractivity (Wildman–Crippen MR) is 66.5 cm³/mol. The molecule has 9 heteroatoms. The van der Waals surface area contributed by atoms with Crippen molar-refractivity contribution in [3.05, 3.63) is 34.1 Å². The first-order valence-corrected chi connectivity index (χ1v) is 5.63. The fourth-order valence-electron chi connectivity index (χ4n) is 1.18. The maximum Gasteiger partial charge on any atom is 0.319 e. The molecule has 0 aliphatic carbocycles. The van der Waals surface area contributed by atoms with Gasteiger partial charge in [-0.2, -0.15) is 5.21 Å². The Morgan fingerprint density at radius 2 is 2.22 bits per heavy atom. The molecule has 7 nitrogen and oxygen atoms in total. The van der Waals surface area contributed by atoms with Crippen LogP contribution in [0.4, 0.5) is 10.5 Å². The molecule has 0 fully saturated rings. The number of nitrogens with zero attached hydrogens (tertiary/aromatic N) is 3. The van der Waals surface area contributed by atoms with E-state index in [0.29, 0.717) is 21.6 Å². The number of urea groups is 1. The van der Waals surface area contributed by atoms with E-state index in [9.17, 15) is 4.79 Å². The fraction of sp³-hybridized carbons (Fsp3) is 0.111. The zero-order valence-corrected chi connectivity index (χ0v) is 10.5. The minimum atomic E-state index is -0.441. The number of benzene rings is 1. The zero-order valence-electron chi connectivity index (χ0n) is 8.94. The molecular weight excluding hydrogens is 279 g/mol. The number of aromatic nitrogens is 4. The van der Waals surface area contributed by atoms with Gasteiger partial charge in [0.15, 0.2) is 5.82 Å². The lowest BCUT2D eigenvalue weighted by molar-refractivity contribution is 0.251. The van der Waals surface area contributed by atoms with E-state index in [1.165, 1.54) is 0 Å². The van der Waals surface area contributed by atoms with Crippen LogP contribution in [0.5, 0.6) is 0 Å². The van der Waals surface area contributed by atoms with Gasteiger partial charge in [-0.1, -0.05) is 28.4 Å². The van der Waals surface area contributed by atoms with Crippen LogP contribution in [0.3, 0.4) is 0 Å². The number of carbonyl (C=O) groups excluding carboxylic acids is 1. The molecule has 1 aromatic heterocycles. The molecule has 2 aromatic rings. The molecular formula is C9H8Cl2N6O. The third-order valence-corrected chi connectivity index (χ3v) is 2.54. The van der Waals surface area contributed by atoms with Crippen molar-refractivity contribution in [3.8, 4) is 0 Å². The van der Waals surface area contributed by atoms with Crippen molar-refractivity contribution in [1.29, 1.82) is 0 Å². The van der Waals surface area contributed by atoms with Crippen molar-refractivity contribution in [3.63, 3.8) is 0 Å². The molecule has 18 heavy (non-hydrogen) atoms. The minimum absolute atomic E-state index is 0.153. The second-order valence-corrected chi connectivity index (χ2v) is 4.10. The van der Waals surface area contributed by atoms with Crippen LogP contribution in [0.25, 0.3) is 0 Å². The van der Waals surface area contributed by atoms with Gasteiger partial charge < -0.3 is 10.6 Å². The largest absolute Gasteiger partial charge is 0.330 e. The van der Waals surface area contributed by atoms with Crippen molar-refractivity contribution in [2.75, 3.05) is 5.32 Å². The highest BCUT2D eigenvalue weighted by molar-refractivity contribution is 6.35. The third-order valence-electron chi connectivity index (χ3n) is 1.97. The molecule has 0 aliphatic heterocycles. The fourth-order valence-corrected chi connectivity index (χ4v) is 1.51. The highest BCUT2D eigenvalue weighted by Gasteiger charge is 2.07. The number of rotatable bonds is 3. The number of nitrogens with one attached hydrogen (secondary N) is 3. The van der Waals surface area contributed by atoms with E-state index >= 15 is 0 Å². The first-order valence-electron chi connectivity index (χ1n) is 4.87. The molecule has 0 bridgehead atoms. The maximum atomic E-state index is 11.6. The van der Waals surface area contributed by atoms with Gasteiger partial charge >= 0.3 is 6.03 Å². The van der Waals surface area contributed by atoms with Gasteiger partial charge in [0.2, 0.25) is 0 Å². The third kappa shape index (κ3) is 3.31. The van der Waals surface area contributed by atoms with Gasteiger partial charge in [-0.3, -0.25) is 0 Å². The summed E-state index contributed by atoms with van der Waals surface area (Å²) in [6, 6.07) is 4.34. The number of tetrazole rings is 1. The normalized spacial score (nSPS) is 10.1. The smallest absolute Gasteiger partial charge is 0.319 e. The van der Waals surface area contributed by atoms with Crippen LogP contribution in [-0.2, 0) is 6.54 Å². The lowest BCUT2D eigenvalue weighted by Gasteiger charge is -2.07. The van der Waals surface area contributed by atoms with E-state index in [0.717, 1.165) is 0 Å². The van der Waals surface area contributed by atoms with Gasteiger partial charge in [0.1, 0.15) is 0 Å². The number of aromatic amines is 1. The van der Waals surface area contributed by atoms with E-state index in [1.807, 2.05) is 0 Å². The summed E-state index contributed by atoms with van der Waals surface area (Å²) in [4.78, 5) is 11.6. The Hall–Kier alpha value is -1.86. The molecule has 3 N–H and O–H groups in total. The van der Waals surface area contributed by atoms with Crippen LogP contribution in [0, 0.1) is 0 Å². The second-order valence-electron chi connectivity index (χ2n) is 3.26. The van der Waals surface area contributed by atoms with E-state index in [-0.39, 0.29) is 6.54 Å². The highest BCUT2D eigenvalue weighted by Crippen LogP contribution is 2.25. The predicted octanol–water partition coefficient (Wildman–Crippen LogP) is 1.83. The molecule has 1 aromatic carbocycles. The lowest BCUT2D eigenvalue weighted by atomic mass is 10.3. The summed E-state index contributed by atoms with van der Waals surface area (Å²) in [6.45, 7) is 0.153. The topological polar surface area (TPSA) is 95.6 Å². The van der Waals surface area contributed by atoms with E-state index in [4.69, 9.17) is 23.2 Å². The van der Waals surface area contributed by atoms with Crippen molar-refractivity contribution < 1.29 is 4.79 Å². The number of anilines is 1. The molecule has 0 unspecified atom stereocenters. The molecule has 0 radical (unpaired) electrons. The summed E-state index contributed by atoms with van der Waals surface area (Å²) in [5, 5.41) is 19.0. The number of hydrogen-bond donors (Lipinski definition) is 3. The quantitative estimate of drug-likeness (QED) is 0.802. The van der Waals surface area contributed by atoms with Crippen molar-refractivity contribution in [2.24, 2.45) is 0 Å². The number of H-pyrrole nitrogens is 1. The molecule has 0 aliphatic rings. The summed E-state index contributed by atoms with van der Waals surface area (Å²) in [6.07, 6.45) is 0. The molecule has 1 heterocycles. The van der Waals surface area contributed by atoms with Crippen molar-refractivity contribution in [1.82, 2.24) is 25.9 Å². The van der Waals surface area contributed by atoms with Crippen molar-refractivity contribution in [2.45, 2.75) is 6.54 Å². The van der Waals surface area contributed by atoms with Crippen LogP contribution in [-0.4, -0.2) is 26.7 Å². The van der Waals surface area contributed by atoms with E-state index in [1.54, 1.807) is 18.2 Å². The Morgan fingerprint density at radius 1 is 1.39 bits per heavy atom. The van der Waals surface area contributed by atoms with E-state index in [2.05, 4.69) is 31.3 Å². The van der Waals surface area contributed by atoms with Gasteiger partial charge in [-0.15, -0.1) is 10.2 Å². The number of hydrogen-bond acceptors (Lipinski definition) is 4. The standard InChI is InChI=1S/C9H8Cl2N6O/c10-5-1-2-6(11)7(3-5)13-9(18)12-4-8-14-16-17-15-8/h1-3H,4H2,(H2,12,13,18)(H,14,15,16,17). The van der Waals surface area contributed by atoms with Gasteiger partial charge in [-0.25, -0.2) is 4.79 Å². The number of carbonyl (C=O) groups is 1. The molecule has 2 rings (SSSR count). The average molecular weight is 287 g/mol. The van der Waals surface area contributed by atoms with Crippen molar-refractivity contribution >= 4 is 34.9 Å². The first-order chi connectivity index (χ1) is 8.65. The van der Waals surface area contributed by atoms with E-state index < -0.39 is 6.03 Å². The molecule has 94 valence electrons. The van der Waals surface area contributed by atoms with Gasteiger partial charge in [0.25, 0.3) is 0 Å². The summed E-state index contributed by atoms with van der Waals surface area (Å²) in [5.41, 5.74) is 0.426. The van der Waals surface area contributed by atoms with Gasteiger partial charge in [0, 0.05) is 5.02 Å². The molecule has 0 spiro atoms. The Kier molecular flexibility index (Phi) is 3.96. The maximum absolute atomic E-state index is 11.6. The Labute approximate surface area is 112 Å². The Balaban J connectivity index is 1.92. The highest BCUT2D eigenvalue weighted by atomic mass is 35.5. The SMILES string of the molecule is O=C(NCc1nn[nH]n1)Nc1cc(Cl)ccc1Cl. The lowest BCUT2D eigenvalue weighted by Crippen LogP contribution is -2.28. The second kappa shape index (κ2) is 5.65. The Morgan fingerprint density at radius 3 is 2.94 bits per heavy atom. The van der Waals surface area contributed by atoms with Gasteiger partial charge in [-0.05, 0) is 18.2 Å². The number of amides is 2. The van der Waals surface area contributed by atoms with Crippen LogP contribution in [0.2, 0.25) is 10.0 Å². The number of halogens is 2. The summed E-state index contributed by atoms with van der Waals surface area (Å²) in [7, 11) is 0. The zero-order chi connectivity index (χ0) is 13.0. The van der Waals surface area contributed by atoms with Crippen LogP contribution >= 0.6 is 23.2 Å². The van der Waals surface area contributed by atoms with Gasteiger partial charge in [0.05, 0.1) is 17.3 Å².